The average Bonchev–Trinajstić information content (AvgIpc) is 2.93. The first-order chi connectivity index (χ1) is 10.2. The van der Waals surface area contributed by atoms with Crippen LogP contribution in [0.15, 0.2) is 42.6 Å². The van der Waals surface area contributed by atoms with Gasteiger partial charge in [-0.25, -0.2) is 4.98 Å². The van der Waals surface area contributed by atoms with Crippen LogP contribution in [0, 0.1) is 0 Å². The van der Waals surface area contributed by atoms with Crippen LogP contribution >= 0.6 is 11.6 Å². The van der Waals surface area contributed by atoms with Crippen molar-refractivity contribution < 1.29 is 4.74 Å². The van der Waals surface area contributed by atoms with Crippen LogP contribution < -0.4 is 4.74 Å². The van der Waals surface area contributed by atoms with E-state index < -0.39 is 0 Å². The molecule has 1 aromatic carbocycles. The molecule has 1 fully saturated rings. The maximum Gasteiger partial charge on any atom is 0.138 e. The summed E-state index contributed by atoms with van der Waals surface area (Å²) in [5.41, 5.74) is 1.97. The molecule has 0 aliphatic carbocycles. The molecule has 2 heterocycles. The SMILES string of the molecule is CN1CCC[C@@H]1COc1cnc(Cl)c(-c2ccccc2)c1. The number of aromatic nitrogens is 1. The molecular formula is C17H19ClN2O. The highest BCUT2D eigenvalue weighted by molar-refractivity contribution is 6.32. The molecule has 0 radical (unpaired) electrons. The molecule has 110 valence electrons. The van der Waals surface area contributed by atoms with Gasteiger partial charge in [-0.3, -0.25) is 0 Å². The number of ether oxygens (including phenoxy) is 1. The van der Waals surface area contributed by atoms with Crippen molar-refractivity contribution in [1.29, 1.82) is 0 Å². The molecule has 0 bridgehead atoms. The van der Waals surface area contributed by atoms with Crippen LogP contribution in [-0.4, -0.2) is 36.1 Å². The van der Waals surface area contributed by atoms with Crippen LogP contribution in [0.4, 0.5) is 0 Å². The van der Waals surface area contributed by atoms with E-state index >= 15 is 0 Å². The number of nitrogens with zero attached hydrogens (tertiary/aromatic N) is 2. The quantitative estimate of drug-likeness (QED) is 0.802. The van der Waals surface area contributed by atoms with Gasteiger partial charge in [-0.15, -0.1) is 0 Å². The van der Waals surface area contributed by atoms with Gasteiger partial charge in [0.1, 0.15) is 17.5 Å². The zero-order valence-electron chi connectivity index (χ0n) is 12.1. The number of likely N-dealkylation sites (tertiary alicyclic amines) is 1. The minimum absolute atomic E-state index is 0.501. The monoisotopic (exact) mass is 302 g/mol. The predicted octanol–water partition coefficient (Wildman–Crippen LogP) is 3.88. The molecule has 21 heavy (non-hydrogen) atoms. The maximum atomic E-state index is 6.21. The van der Waals surface area contributed by atoms with Gasteiger partial charge in [0, 0.05) is 11.6 Å². The van der Waals surface area contributed by atoms with E-state index in [0.717, 1.165) is 23.4 Å². The van der Waals surface area contributed by atoms with Gasteiger partial charge in [-0.1, -0.05) is 41.9 Å². The lowest BCUT2D eigenvalue weighted by molar-refractivity contribution is 0.198. The number of hydrogen-bond donors (Lipinski definition) is 0. The van der Waals surface area contributed by atoms with Gasteiger partial charge >= 0.3 is 0 Å². The fourth-order valence-corrected chi connectivity index (χ4v) is 2.92. The first kappa shape index (κ1) is 14.4. The second-order valence-corrected chi connectivity index (χ2v) is 5.82. The van der Waals surface area contributed by atoms with Crippen LogP contribution in [0.3, 0.4) is 0 Å². The van der Waals surface area contributed by atoms with Gasteiger partial charge in [0.2, 0.25) is 0 Å². The largest absolute Gasteiger partial charge is 0.490 e. The van der Waals surface area contributed by atoms with Gasteiger partial charge < -0.3 is 9.64 Å². The second-order valence-electron chi connectivity index (χ2n) is 5.46. The van der Waals surface area contributed by atoms with E-state index in [4.69, 9.17) is 16.3 Å². The third kappa shape index (κ3) is 3.36. The smallest absolute Gasteiger partial charge is 0.138 e. The summed E-state index contributed by atoms with van der Waals surface area (Å²) in [4.78, 5) is 6.60. The van der Waals surface area contributed by atoms with Gasteiger partial charge in [0.15, 0.2) is 0 Å². The molecule has 3 rings (SSSR count). The van der Waals surface area contributed by atoms with Crippen molar-refractivity contribution in [2.75, 3.05) is 20.2 Å². The molecule has 1 aliphatic heterocycles. The number of pyridine rings is 1. The Kier molecular flexibility index (Phi) is 4.42. The maximum absolute atomic E-state index is 6.21. The lowest BCUT2D eigenvalue weighted by Gasteiger charge is -2.19. The number of benzene rings is 1. The Balaban J connectivity index is 1.75. The lowest BCUT2D eigenvalue weighted by atomic mass is 10.1. The highest BCUT2D eigenvalue weighted by atomic mass is 35.5. The second kappa shape index (κ2) is 6.46. The molecule has 0 unspecified atom stereocenters. The highest BCUT2D eigenvalue weighted by Gasteiger charge is 2.21. The standard InChI is InChI=1S/C17H19ClN2O/c1-20-9-5-8-14(20)12-21-15-10-16(17(18)19-11-15)13-6-3-2-4-7-13/h2-4,6-7,10-11,14H,5,8-9,12H2,1H3/t14-/m1/s1. The average molecular weight is 303 g/mol. The number of halogens is 1. The van der Waals surface area contributed by atoms with Crippen molar-refractivity contribution in [3.63, 3.8) is 0 Å². The summed E-state index contributed by atoms with van der Waals surface area (Å²) in [6.45, 7) is 1.86. The molecule has 0 amide bonds. The zero-order valence-corrected chi connectivity index (χ0v) is 12.9. The third-order valence-corrected chi connectivity index (χ3v) is 4.31. The van der Waals surface area contributed by atoms with E-state index in [9.17, 15) is 0 Å². The van der Waals surface area contributed by atoms with E-state index in [1.807, 2.05) is 36.4 Å². The Bertz CT molecular complexity index is 603. The Hall–Kier alpha value is -1.58. The molecule has 2 aromatic rings. The fourth-order valence-electron chi connectivity index (χ4n) is 2.71. The lowest BCUT2D eigenvalue weighted by Crippen LogP contribution is -2.30. The van der Waals surface area contributed by atoms with Crippen molar-refractivity contribution in [2.45, 2.75) is 18.9 Å². The minimum atomic E-state index is 0.501. The molecular weight excluding hydrogens is 284 g/mol. The van der Waals surface area contributed by atoms with Crippen LogP contribution in [0.2, 0.25) is 5.15 Å². The van der Waals surface area contributed by atoms with Crippen LogP contribution in [0.1, 0.15) is 12.8 Å². The van der Waals surface area contributed by atoms with Crippen molar-refractivity contribution in [1.82, 2.24) is 9.88 Å². The summed E-state index contributed by atoms with van der Waals surface area (Å²) >= 11 is 6.21. The van der Waals surface area contributed by atoms with Gasteiger partial charge in [0.25, 0.3) is 0 Å². The van der Waals surface area contributed by atoms with E-state index in [-0.39, 0.29) is 0 Å². The van der Waals surface area contributed by atoms with Crippen molar-refractivity contribution in [3.8, 4) is 16.9 Å². The molecule has 0 N–H and O–H groups in total. The van der Waals surface area contributed by atoms with E-state index in [0.29, 0.717) is 17.8 Å². The summed E-state index contributed by atoms with van der Waals surface area (Å²) in [5, 5.41) is 0.506. The third-order valence-electron chi connectivity index (χ3n) is 4.01. The van der Waals surface area contributed by atoms with E-state index in [2.05, 4.69) is 16.9 Å². The summed E-state index contributed by atoms with van der Waals surface area (Å²) in [5.74, 6) is 0.776. The van der Waals surface area contributed by atoms with Gasteiger partial charge in [0.05, 0.1) is 6.20 Å². The summed E-state index contributed by atoms with van der Waals surface area (Å²) < 4.78 is 5.91. The molecule has 3 nitrogen and oxygen atoms in total. The summed E-state index contributed by atoms with van der Waals surface area (Å²) in [6, 6.07) is 12.5. The van der Waals surface area contributed by atoms with Crippen LogP contribution in [0.25, 0.3) is 11.1 Å². The first-order valence-corrected chi connectivity index (χ1v) is 7.66. The number of likely N-dealkylation sites (N-methyl/N-ethyl adjacent to an activating group) is 1. The Morgan fingerprint density at radius 2 is 2.14 bits per heavy atom. The van der Waals surface area contributed by atoms with Crippen LogP contribution in [0.5, 0.6) is 5.75 Å². The highest BCUT2D eigenvalue weighted by Crippen LogP contribution is 2.29. The minimum Gasteiger partial charge on any atom is -0.490 e. The molecule has 4 heteroatoms. The van der Waals surface area contributed by atoms with Crippen molar-refractivity contribution in [3.05, 3.63) is 47.7 Å². The van der Waals surface area contributed by atoms with E-state index in [1.165, 1.54) is 12.8 Å². The van der Waals surface area contributed by atoms with Crippen LogP contribution in [-0.2, 0) is 0 Å². The molecule has 1 aromatic heterocycles. The molecule has 0 saturated carbocycles. The Labute approximate surface area is 130 Å². The molecule has 1 atom stereocenters. The molecule has 1 saturated heterocycles. The van der Waals surface area contributed by atoms with Gasteiger partial charge in [-0.2, -0.15) is 0 Å². The molecule has 1 aliphatic rings. The van der Waals surface area contributed by atoms with Gasteiger partial charge in [-0.05, 0) is 38.1 Å². The number of rotatable bonds is 4. The van der Waals surface area contributed by atoms with E-state index in [1.54, 1.807) is 6.20 Å². The topological polar surface area (TPSA) is 25.4 Å². The first-order valence-electron chi connectivity index (χ1n) is 7.28. The normalized spacial score (nSPS) is 18.9. The Morgan fingerprint density at radius 3 is 2.86 bits per heavy atom. The molecule has 0 spiro atoms. The summed E-state index contributed by atoms with van der Waals surface area (Å²) in [6.07, 6.45) is 4.14. The van der Waals surface area contributed by atoms with Crippen molar-refractivity contribution in [2.24, 2.45) is 0 Å². The van der Waals surface area contributed by atoms with Crippen molar-refractivity contribution >= 4 is 11.6 Å². The number of hydrogen-bond acceptors (Lipinski definition) is 3. The predicted molar refractivity (Wildman–Crippen MR) is 85.8 cm³/mol. The Morgan fingerprint density at radius 1 is 1.33 bits per heavy atom. The summed E-state index contributed by atoms with van der Waals surface area (Å²) in [7, 11) is 2.15. The zero-order chi connectivity index (χ0) is 14.7. The fraction of sp³-hybridized carbons (Fsp3) is 0.353.